The summed E-state index contributed by atoms with van der Waals surface area (Å²) in [6.45, 7) is 6.06. The van der Waals surface area contributed by atoms with Crippen LogP contribution in [0.1, 0.15) is 46.5 Å². The zero-order valence-electron chi connectivity index (χ0n) is 14.5. The number of nitrogens with two attached hydrogens (primary N) is 2. The lowest BCUT2D eigenvalue weighted by Gasteiger charge is -2.41. The molecule has 1 aliphatic heterocycles. The zero-order chi connectivity index (χ0) is 18.9. The average molecular weight is 349 g/mol. The Morgan fingerprint density at radius 1 is 1.17 bits per heavy atom. The lowest BCUT2D eigenvalue weighted by molar-refractivity contribution is -0.254. The van der Waals surface area contributed by atoms with Gasteiger partial charge in [-0.15, -0.1) is 0 Å². The second-order valence-electron chi connectivity index (χ2n) is 5.37. The van der Waals surface area contributed by atoms with Crippen LogP contribution >= 0.6 is 0 Å². The van der Waals surface area contributed by atoms with Gasteiger partial charge in [0, 0.05) is 11.9 Å². The first-order chi connectivity index (χ1) is 11.3. The summed E-state index contributed by atoms with van der Waals surface area (Å²) in [6, 6.07) is 0. The van der Waals surface area contributed by atoms with Crippen molar-refractivity contribution in [1.82, 2.24) is 5.01 Å². The van der Waals surface area contributed by atoms with E-state index in [4.69, 9.17) is 21.4 Å². The highest BCUT2D eigenvalue weighted by atomic mass is 16.6. The van der Waals surface area contributed by atoms with E-state index in [9.17, 15) is 20.1 Å². The molecule has 0 amide bonds. The molecule has 1 fully saturated rings. The molecule has 24 heavy (non-hydrogen) atoms. The Balaban J connectivity index is 0.00000254. The van der Waals surface area contributed by atoms with Crippen molar-refractivity contribution in [3.05, 3.63) is 11.9 Å². The summed E-state index contributed by atoms with van der Waals surface area (Å²) < 4.78 is 5.07. The van der Waals surface area contributed by atoms with Crippen LogP contribution in [0, 0.1) is 0 Å². The number of ether oxygens (including phenoxy) is 1. The molecular formula is C15H31N3O6. The van der Waals surface area contributed by atoms with Crippen LogP contribution in [-0.4, -0.2) is 62.0 Å². The standard InChI is InChI=1S/C13H25N3O6.C2H6/c1-2-3-4-5-7(14)6-16(15)12-10(19)8(17)9(18)11(22-12)13(20)21;1-2/h6,8-12,17-19H,2-5,14-15H2,1H3,(H,20,21);1-2H3/b7-6-;. The van der Waals surface area contributed by atoms with Gasteiger partial charge in [0.2, 0.25) is 0 Å². The van der Waals surface area contributed by atoms with Gasteiger partial charge in [-0.05, 0) is 12.8 Å². The first-order valence-corrected chi connectivity index (χ1v) is 8.21. The molecule has 5 unspecified atom stereocenters. The van der Waals surface area contributed by atoms with Gasteiger partial charge >= 0.3 is 5.97 Å². The molecule has 0 radical (unpaired) electrons. The molecule has 8 N–H and O–H groups in total. The van der Waals surface area contributed by atoms with Crippen LogP contribution in [0.2, 0.25) is 0 Å². The summed E-state index contributed by atoms with van der Waals surface area (Å²) >= 11 is 0. The number of aliphatic hydroxyl groups excluding tert-OH is 3. The van der Waals surface area contributed by atoms with Gasteiger partial charge < -0.3 is 30.9 Å². The number of aliphatic hydroxyl groups is 3. The fourth-order valence-electron chi connectivity index (χ4n) is 2.22. The van der Waals surface area contributed by atoms with Crippen molar-refractivity contribution in [2.45, 2.75) is 77.1 Å². The van der Waals surface area contributed by atoms with Gasteiger partial charge in [-0.25, -0.2) is 10.6 Å². The molecule has 0 bridgehead atoms. The van der Waals surface area contributed by atoms with Gasteiger partial charge in [0.25, 0.3) is 0 Å². The fraction of sp³-hybridized carbons (Fsp3) is 0.800. The molecule has 0 saturated carbocycles. The van der Waals surface area contributed by atoms with Crippen LogP contribution in [0.4, 0.5) is 0 Å². The lowest BCUT2D eigenvalue weighted by Crippen LogP contribution is -2.64. The fourth-order valence-corrected chi connectivity index (χ4v) is 2.22. The van der Waals surface area contributed by atoms with E-state index in [0.717, 1.165) is 24.3 Å². The van der Waals surface area contributed by atoms with E-state index in [-0.39, 0.29) is 0 Å². The molecule has 1 heterocycles. The molecule has 9 nitrogen and oxygen atoms in total. The van der Waals surface area contributed by atoms with Gasteiger partial charge in [-0.2, -0.15) is 0 Å². The van der Waals surface area contributed by atoms with E-state index in [1.807, 2.05) is 13.8 Å². The number of allylic oxidation sites excluding steroid dienone is 1. The predicted molar refractivity (Wildman–Crippen MR) is 88.1 cm³/mol. The van der Waals surface area contributed by atoms with Crippen LogP contribution in [-0.2, 0) is 9.53 Å². The van der Waals surface area contributed by atoms with Gasteiger partial charge in [0.05, 0.1) is 0 Å². The number of carbonyl (C=O) groups is 1. The molecule has 0 aromatic heterocycles. The SMILES string of the molecule is CC.CCCCC/C(N)=C/N(N)C1OC(C(=O)O)C(O)C(O)C1O. The molecular weight excluding hydrogens is 318 g/mol. The minimum Gasteiger partial charge on any atom is -0.479 e. The molecule has 1 saturated heterocycles. The summed E-state index contributed by atoms with van der Waals surface area (Å²) in [5.41, 5.74) is 6.24. The third-order valence-electron chi connectivity index (χ3n) is 3.51. The van der Waals surface area contributed by atoms with E-state index in [1.54, 1.807) is 0 Å². The normalized spacial score (nSPS) is 30.3. The quantitative estimate of drug-likeness (QED) is 0.201. The summed E-state index contributed by atoms with van der Waals surface area (Å²) in [7, 11) is 0. The van der Waals surface area contributed by atoms with Crippen molar-refractivity contribution in [2.24, 2.45) is 11.6 Å². The van der Waals surface area contributed by atoms with Crippen LogP contribution in [0.25, 0.3) is 0 Å². The zero-order valence-corrected chi connectivity index (χ0v) is 14.5. The van der Waals surface area contributed by atoms with Crippen molar-refractivity contribution in [3.63, 3.8) is 0 Å². The average Bonchev–Trinajstić information content (AvgIpc) is 2.54. The van der Waals surface area contributed by atoms with Crippen LogP contribution in [0.5, 0.6) is 0 Å². The number of hydrazine groups is 1. The Bertz CT molecular complexity index is 407. The van der Waals surface area contributed by atoms with Gasteiger partial charge in [-0.1, -0.05) is 33.6 Å². The molecule has 0 aromatic carbocycles. The third-order valence-corrected chi connectivity index (χ3v) is 3.51. The second kappa shape index (κ2) is 11.2. The lowest BCUT2D eigenvalue weighted by atomic mass is 9.98. The molecule has 0 spiro atoms. The number of carboxylic acid groups (broad SMARTS) is 1. The Morgan fingerprint density at radius 2 is 1.75 bits per heavy atom. The van der Waals surface area contributed by atoms with Crippen molar-refractivity contribution in [2.75, 3.05) is 0 Å². The maximum absolute atomic E-state index is 11.0. The maximum Gasteiger partial charge on any atom is 0.335 e. The second-order valence-corrected chi connectivity index (χ2v) is 5.37. The van der Waals surface area contributed by atoms with E-state index >= 15 is 0 Å². The van der Waals surface area contributed by atoms with Crippen LogP contribution in [0.3, 0.4) is 0 Å². The van der Waals surface area contributed by atoms with Crippen LogP contribution in [0.15, 0.2) is 11.9 Å². The highest BCUT2D eigenvalue weighted by Crippen LogP contribution is 2.23. The Kier molecular flexibility index (Phi) is 10.6. The van der Waals surface area contributed by atoms with E-state index in [2.05, 4.69) is 6.92 Å². The van der Waals surface area contributed by atoms with E-state index in [0.29, 0.717) is 12.1 Å². The van der Waals surface area contributed by atoms with Gasteiger partial charge in [-0.3, -0.25) is 5.01 Å². The summed E-state index contributed by atoms with van der Waals surface area (Å²) in [4.78, 5) is 11.0. The predicted octanol–water partition coefficient (Wildman–Crippen LogP) is -0.539. The van der Waals surface area contributed by atoms with E-state index in [1.165, 1.54) is 6.20 Å². The number of carboxylic acids is 1. The largest absolute Gasteiger partial charge is 0.479 e. The summed E-state index contributed by atoms with van der Waals surface area (Å²) in [5.74, 6) is 4.26. The van der Waals surface area contributed by atoms with Crippen molar-refractivity contribution >= 4 is 5.97 Å². The molecule has 0 aromatic rings. The highest BCUT2D eigenvalue weighted by molar-refractivity contribution is 5.73. The number of rotatable bonds is 7. The van der Waals surface area contributed by atoms with Crippen molar-refractivity contribution in [3.8, 4) is 0 Å². The molecule has 1 rings (SSSR count). The molecule has 142 valence electrons. The molecule has 9 heteroatoms. The number of unbranched alkanes of at least 4 members (excludes halogenated alkanes) is 2. The Hall–Kier alpha value is -1.39. The topological polar surface area (TPSA) is 162 Å². The number of nitrogens with zero attached hydrogens (tertiary/aromatic N) is 1. The number of aliphatic carboxylic acids is 1. The first kappa shape index (κ1) is 22.6. The van der Waals surface area contributed by atoms with Gasteiger partial charge in [0.15, 0.2) is 12.3 Å². The smallest absolute Gasteiger partial charge is 0.335 e. The van der Waals surface area contributed by atoms with Crippen molar-refractivity contribution in [1.29, 1.82) is 0 Å². The highest BCUT2D eigenvalue weighted by Gasteiger charge is 2.48. The number of hydrogen-bond acceptors (Lipinski definition) is 8. The Labute approximate surface area is 142 Å². The molecule has 0 aliphatic carbocycles. The van der Waals surface area contributed by atoms with Gasteiger partial charge in [0.1, 0.15) is 18.3 Å². The van der Waals surface area contributed by atoms with Crippen LogP contribution < -0.4 is 11.6 Å². The number of hydrogen-bond donors (Lipinski definition) is 6. The summed E-state index contributed by atoms with van der Waals surface area (Å²) in [6.07, 6.45) is -3.19. The van der Waals surface area contributed by atoms with Crippen molar-refractivity contribution < 1.29 is 30.0 Å². The monoisotopic (exact) mass is 349 g/mol. The Morgan fingerprint density at radius 3 is 2.25 bits per heavy atom. The first-order valence-electron chi connectivity index (χ1n) is 8.21. The minimum atomic E-state index is -1.75. The maximum atomic E-state index is 11.0. The third kappa shape index (κ3) is 6.25. The minimum absolute atomic E-state index is 0.444. The molecule has 5 atom stereocenters. The molecule has 1 aliphatic rings. The summed E-state index contributed by atoms with van der Waals surface area (Å²) in [5, 5.41) is 39.1. The van der Waals surface area contributed by atoms with E-state index < -0.39 is 36.6 Å².